The van der Waals surface area contributed by atoms with Crippen molar-refractivity contribution in [3.63, 3.8) is 0 Å². The van der Waals surface area contributed by atoms with Gasteiger partial charge in [-0.2, -0.15) is 5.50 Å². The Labute approximate surface area is 44.5 Å². The molecule has 0 aliphatic heterocycles. The molecule has 7 heavy (non-hydrogen) atoms. The van der Waals surface area contributed by atoms with Crippen LogP contribution in [0.25, 0.3) is 0 Å². The standard InChI is InChI=1S/C4H11NOP/c1-3-7(5,6)4-2/h5H,3-4H2,1-2H3. The molecule has 0 saturated heterocycles. The minimum Gasteiger partial charge on any atom is -0.306 e. The van der Waals surface area contributed by atoms with Crippen LogP contribution in [0.1, 0.15) is 13.8 Å². The second kappa shape index (κ2) is 2.49. The van der Waals surface area contributed by atoms with Gasteiger partial charge in [-0.1, -0.05) is 13.8 Å². The molecule has 0 aromatic carbocycles. The van der Waals surface area contributed by atoms with Gasteiger partial charge in [0.2, 0.25) is 0 Å². The minimum absolute atomic E-state index is 0.517. The molecule has 0 aliphatic carbocycles. The van der Waals surface area contributed by atoms with Crippen molar-refractivity contribution in [3.8, 4) is 0 Å². The maximum absolute atomic E-state index is 10.6. The third kappa shape index (κ3) is 2.84. The van der Waals surface area contributed by atoms with E-state index < -0.39 is 7.29 Å². The summed E-state index contributed by atoms with van der Waals surface area (Å²) in [7, 11) is -2.40. The molecule has 0 rings (SSSR count). The minimum atomic E-state index is -2.40. The van der Waals surface area contributed by atoms with E-state index >= 15 is 0 Å². The number of nitrogens with one attached hydrogen (secondary N) is 1. The van der Waals surface area contributed by atoms with Gasteiger partial charge >= 0.3 is 0 Å². The molecule has 0 bridgehead atoms. The topological polar surface area (TPSA) is 40.9 Å². The van der Waals surface area contributed by atoms with E-state index in [9.17, 15) is 4.57 Å². The van der Waals surface area contributed by atoms with E-state index in [1.54, 1.807) is 13.8 Å². The highest BCUT2D eigenvalue weighted by Crippen LogP contribution is 2.36. The highest BCUT2D eigenvalue weighted by Gasteiger charge is 2.07. The quantitative estimate of drug-likeness (QED) is 0.510. The van der Waals surface area contributed by atoms with E-state index in [4.69, 9.17) is 5.50 Å². The summed E-state index contributed by atoms with van der Waals surface area (Å²) in [5.41, 5.74) is 6.98. The molecule has 0 aromatic rings. The molecule has 0 saturated carbocycles. The molecule has 1 N–H and O–H groups in total. The summed E-state index contributed by atoms with van der Waals surface area (Å²) in [5.74, 6) is 0. The molecule has 0 atom stereocenters. The summed E-state index contributed by atoms with van der Waals surface area (Å²) in [5, 5.41) is 0. The SMILES string of the molecule is CCP([NH])(=O)CC. The van der Waals surface area contributed by atoms with Gasteiger partial charge in [-0.25, -0.2) is 0 Å². The Kier molecular flexibility index (Phi) is 2.55. The maximum atomic E-state index is 10.6. The summed E-state index contributed by atoms with van der Waals surface area (Å²) in [6, 6.07) is 0. The van der Waals surface area contributed by atoms with Crippen LogP contribution >= 0.6 is 7.29 Å². The highest BCUT2D eigenvalue weighted by molar-refractivity contribution is 7.61. The van der Waals surface area contributed by atoms with E-state index in [1.807, 2.05) is 0 Å². The molecule has 0 aromatic heterocycles. The van der Waals surface area contributed by atoms with Gasteiger partial charge in [-0.3, -0.25) is 0 Å². The lowest BCUT2D eigenvalue weighted by Crippen LogP contribution is -1.86. The second-order valence-corrected chi connectivity index (χ2v) is 4.57. The van der Waals surface area contributed by atoms with Crippen LogP contribution < -0.4 is 5.50 Å². The predicted molar refractivity (Wildman–Crippen MR) is 31.8 cm³/mol. The van der Waals surface area contributed by atoms with Gasteiger partial charge in [0.25, 0.3) is 0 Å². The van der Waals surface area contributed by atoms with E-state index in [0.29, 0.717) is 12.3 Å². The smallest absolute Gasteiger partial charge is 0.160 e. The van der Waals surface area contributed by atoms with Crippen LogP contribution in [0.5, 0.6) is 0 Å². The van der Waals surface area contributed by atoms with Crippen LogP contribution in [0.3, 0.4) is 0 Å². The molecular weight excluding hydrogens is 109 g/mol. The van der Waals surface area contributed by atoms with Crippen molar-refractivity contribution in [2.45, 2.75) is 13.8 Å². The Morgan fingerprint density at radius 2 is 1.71 bits per heavy atom. The van der Waals surface area contributed by atoms with Crippen LogP contribution in [0.2, 0.25) is 0 Å². The highest BCUT2D eigenvalue weighted by atomic mass is 31.2. The van der Waals surface area contributed by atoms with E-state index in [2.05, 4.69) is 0 Å². The molecule has 0 heterocycles. The van der Waals surface area contributed by atoms with Crippen LogP contribution in [-0.4, -0.2) is 12.3 Å². The van der Waals surface area contributed by atoms with Crippen molar-refractivity contribution in [2.24, 2.45) is 0 Å². The summed E-state index contributed by atoms with van der Waals surface area (Å²) >= 11 is 0. The number of hydrogen-bond acceptors (Lipinski definition) is 1. The van der Waals surface area contributed by atoms with Gasteiger partial charge in [-0.15, -0.1) is 0 Å². The van der Waals surface area contributed by atoms with Gasteiger partial charge in [-0.05, 0) is 0 Å². The van der Waals surface area contributed by atoms with Crippen molar-refractivity contribution in [2.75, 3.05) is 12.3 Å². The van der Waals surface area contributed by atoms with Gasteiger partial charge in [0.15, 0.2) is 7.29 Å². The maximum Gasteiger partial charge on any atom is 0.160 e. The molecule has 0 aliphatic rings. The summed E-state index contributed by atoms with van der Waals surface area (Å²) in [6.07, 6.45) is 1.03. The summed E-state index contributed by atoms with van der Waals surface area (Å²) in [6.45, 7) is 3.58. The van der Waals surface area contributed by atoms with Gasteiger partial charge in [0, 0.05) is 12.3 Å². The molecule has 1 radical (unpaired) electrons. The second-order valence-electron chi connectivity index (χ2n) is 1.52. The third-order valence-electron chi connectivity index (χ3n) is 1.02. The zero-order valence-corrected chi connectivity index (χ0v) is 5.66. The van der Waals surface area contributed by atoms with Crippen LogP contribution in [0.15, 0.2) is 0 Å². The predicted octanol–water partition coefficient (Wildman–Crippen LogP) is 1.59. The first kappa shape index (κ1) is 7.19. The lowest BCUT2D eigenvalue weighted by molar-refractivity contribution is 0.576. The fourth-order valence-corrected chi connectivity index (χ4v) is 0.671. The third-order valence-corrected chi connectivity index (χ3v) is 3.06. The van der Waals surface area contributed by atoms with Crippen molar-refractivity contribution in [1.29, 1.82) is 0 Å². The zero-order valence-electron chi connectivity index (χ0n) is 4.77. The summed E-state index contributed by atoms with van der Waals surface area (Å²) < 4.78 is 10.6. The Morgan fingerprint density at radius 3 is 1.71 bits per heavy atom. The van der Waals surface area contributed by atoms with E-state index in [1.165, 1.54) is 0 Å². The number of rotatable bonds is 2. The van der Waals surface area contributed by atoms with Crippen LogP contribution in [-0.2, 0) is 4.57 Å². The van der Waals surface area contributed by atoms with Crippen LogP contribution in [0.4, 0.5) is 0 Å². The monoisotopic (exact) mass is 120 g/mol. The van der Waals surface area contributed by atoms with Gasteiger partial charge < -0.3 is 4.57 Å². The molecule has 3 heteroatoms. The lowest BCUT2D eigenvalue weighted by Gasteiger charge is -2.01. The lowest BCUT2D eigenvalue weighted by atomic mass is 11.0. The molecule has 43 valence electrons. The van der Waals surface area contributed by atoms with Crippen LogP contribution in [0, 0.1) is 0 Å². The molecular formula is C4H11NOP. The average molecular weight is 120 g/mol. The molecule has 0 amide bonds. The summed E-state index contributed by atoms with van der Waals surface area (Å²) in [4.78, 5) is 0. The Hall–Kier alpha value is 0.190. The fraction of sp³-hybridized carbons (Fsp3) is 1.00. The normalized spacial score (nSPS) is 11.9. The van der Waals surface area contributed by atoms with Crippen molar-refractivity contribution in [1.82, 2.24) is 5.50 Å². The first-order valence-corrected chi connectivity index (χ1v) is 4.53. The van der Waals surface area contributed by atoms with E-state index in [-0.39, 0.29) is 0 Å². The first-order valence-electron chi connectivity index (χ1n) is 2.45. The average Bonchev–Trinajstić information content (AvgIpc) is 1.68. The van der Waals surface area contributed by atoms with Crippen molar-refractivity contribution < 1.29 is 4.57 Å². The molecule has 0 spiro atoms. The molecule has 0 unspecified atom stereocenters. The van der Waals surface area contributed by atoms with Gasteiger partial charge in [0.05, 0.1) is 0 Å². The first-order chi connectivity index (χ1) is 3.12. The largest absolute Gasteiger partial charge is 0.306 e. The molecule has 2 nitrogen and oxygen atoms in total. The Bertz CT molecular complexity index is 83.7. The van der Waals surface area contributed by atoms with Crippen molar-refractivity contribution >= 4 is 7.29 Å². The zero-order chi connectivity index (χ0) is 5.91. The van der Waals surface area contributed by atoms with Crippen molar-refractivity contribution in [3.05, 3.63) is 0 Å². The fourth-order valence-electron chi connectivity index (χ4n) is 0.224. The van der Waals surface area contributed by atoms with E-state index in [0.717, 1.165) is 0 Å². The van der Waals surface area contributed by atoms with Gasteiger partial charge in [0.1, 0.15) is 0 Å². The molecule has 0 fully saturated rings. The Balaban J connectivity index is 3.61. The Morgan fingerprint density at radius 1 is 1.43 bits per heavy atom. The number of hydrogen-bond donors (Lipinski definition) is 0.